The first-order chi connectivity index (χ1) is 19.9. The van der Waals surface area contributed by atoms with Gasteiger partial charge in [0.05, 0.1) is 17.8 Å². The molecule has 6 rings (SSSR count). The first kappa shape index (κ1) is 27.0. The SMILES string of the molecule is Cc1cc(C2C(c3ccccn3)NC(=S)N2CCC(=O)Nc2cccc3ccccc23)c(C)n1-c1ccc(Cl)cc1. The van der Waals surface area contributed by atoms with Crippen molar-refractivity contribution < 1.29 is 4.79 Å². The smallest absolute Gasteiger partial charge is 0.226 e. The fraction of sp³-hybridized carbons (Fsp3) is 0.182. The number of pyridine rings is 1. The summed E-state index contributed by atoms with van der Waals surface area (Å²) >= 11 is 12.0. The molecule has 0 saturated carbocycles. The summed E-state index contributed by atoms with van der Waals surface area (Å²) in [5.41, 5.74) is 6.09. The van der Waals surface area contributed by atoms with Crippen LogP contribution < -0.4 is 10.6 Å². The van der Waals surface area contributed by atoms with Crippen LogP contribution >= 0.6 is 23.8 Å². The molecule has 0 radical (unpaired) electrons. The predicted molar refractivity (Wildman–Crippen MR) is 170 cm³/mol. The van der Waals surface area contributed by atoms with E-state index in [0.717, 1.165) is 44.8 Å². The van der Waals surface area contributed by atoms with Gasteiger partial charge in [0.1, 0.15) is 0 Å². The van der Waals surface area contributed by atoms with Gasteiger partial charge in [-0.15, -0.1) is 0 Å². The number of anilines is 1. The number of nitrogens with one attached hydrogen (secondary N) is 2. The van der Waals surface area contributed by atoms with E-state index in [9.17, 15) is 4.79 Å². The number of aromatic nitrogens is 2. The van der Waals surface area contributed by atoms with Crippen molar-refractivity contribution in [1.82, 2.24) is 19.8 Å². The zero-order valence-corrected chi connectivity index (χ0v) is 24.4. The Labute approximate surface area is 250 Å². The molecule has 206 valence electrons. The highest BCUT2D eigenvalue weighted by Gasteiger charge is 2.41. The monoisotopic (exact) mass is 579 g/mol. The summed E-state index contributed by atoms with van der Waals surface area (Å²) < 4.78 is 2.23. The Morgan fingerprint density at radius 2 is 1.76 bits per heavy atom. The molecule has 41 heavy (non-hydrogen) atoms. The maximum absolute atomic E-state index is 13.2. The van der Waals surface area contributed by atoms with Gasteiger partial charge in [-0.25, -0.2) is 0 Å². The number of rotatable bonds is 7. The molecule has 1 saturated heterocycles. The minimum Gasteiger partial charge on any atom is -0.352 e. The summed E-state index contributed by atoms with van der Waals surface area (Å²) in [6, 6.07) is 29.7. The Kier molecular flexibility index (Phi) is 7.47. The van der Waals surface area contributed by atoms with Crippen LogP contribution in [0.4, 0.5) is 5.69 Å². The number of fused-ring (bicyclic) bond motifs is 1. The highest BCUT2D eigenvalue weighted by atomic mass is 35.5. The van der Waals surface area contributed by atoms with Gasteiger partial charge in [-0.2, -0.15) is 0 Å². The van der Waals surface area contributed by atoms with E-state index in [1.807, 2.05) is 84.9 Å². The molecule has 8 heteroatoms. The van der Waals surface area contributed by atoms with E-state index < -0.39 is 0 Å². The number of benzene rings is 3. The van der Waals surface area contributed by atoms with E-state index in [1.165, 1.54) is 0 Å². The maximum Gasteiger partial charge on any atom is 0.226 e. The summed E-state index contributed by atoms with van der Waals surface area (Å²) in [5.74, 6) is -0.0594. The number of thiocarbonyl (C=S) groups is 1. The second-order valence-corrected chi connectivity index (χ2v) is 11.1. The zero-order chi connectivity index (χ0) is 28.5. The van der Waals surface area contributed by atoms with Crippen LogP contribution in [0.25, 0.3) is 16.5 Å². The van der Waals surface area contributed by atoms with Crippen LogP contribution in [0.1, 0.15) is 41.1 Å². The number of hydrogen-bond donors (Lipinski definition) is 2. The average molecular weight is 580 g/mol. The van der Waals surface area contributed by atoms with Crippen molar-refractivity contribution in [3.05, 3.63) is 125 Å². The lowest BCUT2D eigenvalue weighted by molar-refractivity contribution is -0.116. The molecule has 2 unspecified atom stereocenters. The van der Waals surface area contributed by atoms with Crippen molar-refractivity contribution >= 4 is 51.3 Å². The van der Waals surface area contributed by atoms with Gasteiger partial charge in [-0.1, -0.05) is 54.1 Å². The zero-order valence-electron chi connectivity index (χ0n) is 22.8. The van der Waals surface area contributed by atoms with Crippen LogP contribution in [0.5, 0.6) is 0 Å². The Balaban J connectivity index is 1.31. The fourth-order valence-electron chi connectivity index (χ4n) is 5.83. The Morgan fingerprint density at radius 3 is 2.54 bits per heavy atom. The molecule has 2 N–H and O–H groups in total. The molecule has 1 amide bonds. The number of amides is 1. The largest absolute Gasteiger partial charge is 0.352 e. The molecule has 0 spiro atoms. The molecule has 0 bridgehead atoms. The van der Waals surface area contributed by atoms with Gasteiger partial charge < -0.3 is 20.1 Å². The fourth-order valence-corrected chi connectivity index (χ4v) is 6.29. The van der Waals surface area contributed by atoms with Gasteiger partial charge >= 0.3 is 0 Å². The van der Waals surface area contributed by atoms with Gasteiger partial charge in [0.25, 0.3) is 0 Å². The summed E-state index contributed by atoms with van der Waals surface area (Å²) in [6.45, 7) is 4.68. The van der Waals surface area contributed by atoms with E-state index in [2.05, 4.69) is 45.0 Å². The molecule has 1 aliphatic rings. The molecule has 3 heterocycles. The van der Waals surface area contributed by atoms with Crippen molar-refractivity contribution in [3.63, 3.8) is 0 Å². The number of carbonyl (C=O) groups is 1. The Hall–Kier alpha value is -4.20. The number of halogens is 1. The van der Waals surface area contributed by atoms with Gasteiger partial charge in [0.15, 0.2) is 5.11 Å². The van der Waals surface area contributed by atoms with E-state index in [-0.39, 0.29) is 24.4 Å². The van der Waals surface area contributed by atoms with E-state index in [4.69, 9.17) is 23.8 Å². The highest BCUT2D eigenvalue weighted by Crippen LogP contribution is 2.41. The Bertz CT molecular complexity index is 1730. The van der Waals surface area contributed by atoms with Gasteiger partial charge in [0, 0.05) is 52.3 Å². The van der Waals surface area contributed by atoms with Crippen molar-refractivity contribution in [2.75, 3.05) is 11.9 Å². The third kappa shape index (κ3) is 5.31. The van der Waals surface area contributed by atoms with Crippen molar-refractivity contribution in [3.8, 4) is 5.69 Å². The van der Waals surface area contributed by atoms with Crippen LogP contribution in [-0.4, -0.2) is 32.0 Å². The molecule has 6 nitrogen and oxygen atoms in total. The quantitative estimate of drug-likeness (QED) is 0.198. The predicted octanol–water partition coefficient (Wildman–Crippen LogP) is 7.30. The lowest BCUT2D eigenvalue weighted by atomic mass is 9.96. The minimum atomic E-state index is -0.163. The molecular formula is C33H30ClN5OS. The van der Waals surface area contributed by atoms with Crippen molar-refractivity contribution in [2.24, 2.45) is 0 Å². The standard InChI is InChI=1S/C33H30ClN5OS/c1-21-20-27(22(2)39(21)25-15-13-24(34)14-16-25)32-31(29-11-5-6-18-35-29)37-33(41)38(32)19-17-30(40)36-28-12-7-9-23-8-3-4-10-26(23)28/h3-16,18,20,31-32H,17,19H2,1-2H3,(H,36,40)(H,37,41). The van der Waals surface area contributed by atoms with Crippen molar-refractivity contribution in [1.29, 1.82) is 0 Å². The molecule has 1 fully saturated rings. The number of aryl methyl sites for hydroxylation is 1. The maximum atomic E-state index is 13.2. The second-order valence-electron chi connectivity index (χ2n) is 10.3. The van der Waals surface area contributed by atoms with Crippen LogP contribution in [-0.2, 0) is 4.79 Å². The molecule has 3 aromatic carbocycles. The average Bonchev–Trinajstić information content (AvgIpc) is 3.47. The van der Waals surface area contributed by atoms with Crippen LogP contribution in [0.3, 0.4) is 0 Å². The molecule has 2 aromatic heterocycles. The molecule has 2 atom stereocenters. The van der Waals surface area contributed by atoms with Crippen molar-refractivity contribution in [2.45, 2.75) is 32.4 Å². The first-order valence-electron chi connectivity index (χ1n) is 13.6. The topological polar surface area (TPSA) is 62.2 Å². The van der Waals surface area contributed by atoms with Crippen LogP contribution in [0.15, 0.2) is 97.2 Å². The van der Waals surface area contributed by atoms with E-state index in [0.29, 0.717) is 16.7 Å². The molecular weight excluding hydrogens is 550 g/mol. The molecule has 5 aromatic rings. The third-order valence-electron chi connectivity index (χ3n) is 7.72. The van der Waals surface area contributed by atoms with Crippen LogP contribution in [0, 0.1) is 13.8 Å². The van der Waals surface area contributed by atoms with E-state index in [1.54, 1.807) is 6.20 Å². The van der Waals surface area contributed by atoms with Gasteiger partial charge in [0.2, 0.25) is 5.91 Å². The number of carbonyl (C=O) groups excluding carboxylic acids is 1. The minimum absolute atomic E-state index is 0.0594. The third-order valence-corrected chi connectivity index (χ3v) is 8.32. The van der Waals surface area contributed by atoms with Gasteiger partial charge in [-0.05, 0) is 85.5 Å². The number of hydrogen-bond acceptors (Lipinski definition) is 3. The summed E-state index contributed by atoms with van der Waals surface area (Å²) in [4.78, 5) is 20.0. The van der Waals surface area contributed by atoms with Crippen LogP contribution in [0.2, 0.25) is 5.02 Å². The normalized spacial score (nSPS) is 16.7. The Morgan fingerprint density at radius 1 is 1.00 bits per heavy atom. The molecule has 1 aliphatic heterocycles. The first-order valence-corrected chi connectivity index (χ1v) is 14.4. The summed E-state index contributed by atoms with van der Waals surface area (Å²) in [7, 11) is 0. The van der Waals surface area contributed by atoms with Gasteiger partial charge in [-0.3, -0.25) is 9.78 Å². The highest BCUT2D eigenvalue weighted by molar-refractivity contribution is 7.80. The summed E-state index contributed by atoms with van der Waals surface area (Å²) in [6.07, 6.45) is 2.08. The molecule has 0 aliphatic carbocycles. The lowest BCUT2D eigenvalue weighted by Gasteiger charge is -2.28. The summed E-state index contributed by atoms with van der Waals surface area (Å²) in [5, 5.41) is 10.0. The number of nitrogens with zero attached hydrogens (tertiary/aromatic N) is 3. The second kappa shape index (κ2) is 11.4. The lowest BCUT2D eigenvalue weighted by Crippen LogP contribution is -2.33. The van der Waals surface area contributed by atoms with E-state index >= 15 is 0 Å².